The number of hydrogen-bond donors (Lipinski definition) is 3. The molecule has 9 nitrogen and oxygen atoms in total. The van der Waals surface area contributed by atoms with Crippen LogP contribution in [-0.2, 0) is 11.3 Å². The number of aryl methyl sites for hydroxylation is 1. The van der Waals surface area contributed by atoms with Gasteiger partial charge < -0.3 is 25.5 Å². The van der Waals surface area contributed by atoms with E-state index in [-0.39, 0.29) is 18.4 Å². The summed E-state index contributed by atoms with van der Waals surface area (Å²) in [5.41, 5.74) is 8.01. The standard InChI is InChI=1S/C25H29ClN8O/c26-19-3-1-18(2-4-19)21(6-11-33-14-10-28-17-33)32-22(35)15-25(27)7-12-34(13-8-25)24-20-5-9-29-23(20)30-16-31-24/h1-5,9-10,14,16-17,21H,6-8,11-13,15,27H2,(H,32,35)(H,29,30,31)/t21-/m0/s1. The van der Waals surface area contributed by atoms with Crippen LogP contribution in [0.15, 0.2) is 61.6 Å². The number of hydrogen-bond acceptors (Lipinski definition) is 6. The summed E-state index contributed by atoms with van der Waals surface area (Å²) >= 11 is 6.08. The lowest BCUT2D eigenvalue weighted by Crippen LogP contribution is -2.53. The van der Waals surface area contributed by atoms with Crippen molar-refractivity contribution in [2.75, 3.05) is 18.0 Å². The largest absolute Gasteiger partial charge is 0.356 e. The third kappa shape index (κ3) is 5.47. The van der Waals surface area contributed by atoms with E-state index in [0.29, 0.717) is 17.9 Å². The number of imidazole rings is 1. The van der Waals surface area contributed by atoms with E-state index in [9.17, 15) is 4.79 Å². The van der Waals surface area contributed by atoms with Gasteiger partial charge in [0.15, 0.2) is 0 Å². The molecule has 0 aliphatic carbocycles. The van der Waals surface area contributed by atoms with Gasteiger partial charge in [0.05, 0.1) is 17.8 Å². The summed E-state index contributed by atoms with van der Waals surface area (Å²) in [5.74, 6) is 0.867. The fraction of sp³-hybridized carbons (Fsp3) is 0.360. The van der Waals surface area contributed by atoms with Crippen molar-refractivity contribution in [2.45, 2.75) is 43.8 Å². The number of benzene rings is 1. The Morgan fingerprint density at radius 3 is 2.74 bits per heavy atom. The molecule has 35 heavy (non-hydrogen) atoms. The second kappa shape index (κ2) is 10.1. The zero-order valence-electron chi connectivity index (χ0n) is 19.4. The quantitative estimate of drug-likeness (QED) is 0.347. The SMILES string of the molecule is NC1(CC(=O)N[C@@H](CCn2ccnc2)c2ccc(Cl)cc2)CCN(c2ncnc3[nH]ccc23)CC1. The number of amides is 1. The van der Waals surface area contributed by atoms with Crippen LogP contribution in [0.3, 0.4) is 0 Å². The van der Waals surface area contributed by atoms with Gasteiger partial charge in [-0.25, -0.2) is 15.0 Å². The minimum absolute atomic E-state index is 0.0402. The Kier molecular flexibility index (Phi) is 6.70. The number of aromatic amines is 1. The number of nitrogens with one attached hydrogen (secondary N) is 2. The molecule has 1 aromatic carbocycles. The van der Waals surface area contributed by atoms with Gasteiger partial charge in [-0.15, -0.1) is 0 Å². The average Bonchev–Trinajstić information content (AvgIpc) is 3.55. The molecule has 4 N–H and O–H groups in total. The number of anilines is 1. The molecule has 0 unspecified atom stereocenters. The van der Waals surface area contributed by atoms with Crippen molar-refractivity contribution in [2.24, 2.45) is 5.73 Å². The number of piperidine rings is 1. The van der Waals surface area contributed by atoms with E-state index in [1.165, 1.54) is 0 Å². The van der Waals surface area contributed by atoms with E-state index in [0.717, 1.165) is 48.5 Å². The Morgan fingerprint density at radius 1 is 1.20 bits per heavy atom. The fourth-order valence-corrected chi connectivity index (χ4v) is 4.86. The van der Waals surface area contributed by atoms with Gasteiger partial charge in [0.2, 0.25) is 5.91 Å². The van der Waals surface area contributed by atoms with Crippen LogP contribution in [0.1, 0.15) is 37.3 Å². The molecule has 4 heterocycles. The van der Waals surface area contributed by atoms with Crippen LogP contribution < -0.4 is 16.0 Å². The summed E-state index contributed by atoms with van der Waals surface area (Å²) in [6.45, 7) is 2.22. The summed E-state index contributed by atoms with van der Waals surface area (Å²) < 4.78 is 2.00. The normalized spacial score (nSPS) is 16.3. The zero-order valence-corrected chi connectivity index (χ0v) is 20.2. The number of halogens is 1. The molecule has 182 valence electrons. The minimum Gasteiger partial charge on any atom is -0.356 e. The maximum Gasteiger partial charge on any atom is 0.222 e. The first-order chi connectivity index (χ1) is 17.0. The number of nitrogens with two attached hydrogens (primary N) is 1. The predicted molar refractivity (Wildman–Crippen MR) is 136 cm³/mol. The number of aromatic nitrogens is 5. The number of rotatable bonds is 8. The van der Waals surface area contributed by atoms with Crippen LogP contribution in [0.25, 0.3) is 11.0 Å². The van der Waals surface area contributed by atoms with Crippen LogP contribution in [0.2, 0.25) is 5.02 Å². The second-order valence-electron chi connectivity index (χ2n) is 9.22. The van der Waals surface area contributed by atoms with Crippen molar-refractivity contribution in [1.82, 2.24) is 29.8 Å². The van der Waals surface area contributed by atoms with Gasteiger partial charge in [-0.3, -0.25) is 4.79 Å². The molecule has 1 atom stereocenters. The molecule has 1 fully saturated rings. The van der Waals surface area contributed by atoms with Crippen molar-refractivity contribution in [3.63, 3.8) is 0 Å². The van der Waals surface area contributed by atoms with Crippen LogP contribution in [0, 0.1) is 0 Å². The maximum atomic E-state index is 13.1. The molecule has 1 saturated heterocycles. The number of carbonyl (C=O) groups is 1. The average molecular weight is 493 g/mol. The molecule has 3 aromatic heterocycles. The third-order valence-electron chi connectivity index (χ3n) is 6.75. The summed E-state index contributed by atoms with van der Waals surface area (Å²) in [6.07, 6.45) is 11.3. The molecule has 0 spiro atoms. The van der Waals surface area contributed by atoms with Gasteiger partial charge >= 0.3 is 0 Å². The highest BCUT2D eigenvalue weighted by atomic mass is 35.5. The zero-order chi connectivity index (χ0) is 24.3. The Hall–Kier alpha value is -3.43. The van der Waals surface area contributed by atoms with Gasteiger partial charge in [-0.1, -0.05) is 23.7 Å². The summed E-state index contributed by atoms with van der Waals surface area (Å²) in [4.78, 5) is 31.4. The number of H-pyrrole nitrogens is 1. The van der Waals surface area contributed by atoms with Crippen molar-refractivity contribution >= 4 is 34.4 Å². The molecule has 1 aliphatic heterocycles. The van der Waals surface area contributed by atoms with Gasteiger partial charge in [-0.2, -0.15) is 0 Å². The molecule has 1 aliphatic rings. The van der Waals surface area contributed by atoms with E-state index >= 15 is 0 Å². The van der Waals surface area contributed by atoms with Crippen molar-refractivity contribution in [3.8, 4) is 0 Å². The molecule has 5 rings (SSSR count). The van der Waals surface area contributed by atoms with Crippen molar-refractivity contribution in [3.05, 3.63) is 72.2 Å². The smallest absolute Gasteiger partial charge is 0.222 e. The van der Waals surface area contributed by atoms with E-state index in [1.54, 1.807) is 18.9 Å². The lowest BCUT2D eigenvalue weighted by molar-refractivity contribution is -0.123. The number of carbonyl (C=O) groups excluding carboxylic acids is 1. The fourth-order valence-electron chi connectivity index (χ4n) is 4.73. The Morgan fingerprint density at radius 2 is 2.00 bits per heavy atom. The molecular weight excluding hydrogens is 464 g/mol. The van der Waals surface area contributed by atoms with E-state index in [4.69, 9.17) is 17.3 Å². The monoisotopic (exact) mass is 492 g/mol. The summed E-state index contributed by atoms with van der Waals surface area (Å²) in [7, 11) is 0. The van der Waals surface area contributed by atoms with Crippen molar-refractivity contribution < 1.29 is 4.79 Å². The van der Waals surface area contributed by atoms with E-state index < -0.39 is 5.54 Å². The number of fused-ring (bicyclic) bond motifs is 1. The molecule has 4 aromatic rings. The minimum atomic E-state index is -0.556. The first kappa shape index (κ1) is 23.3. The Bertz CT molecular complexity index is 1260. The van der Waals surface area contributed by atoms with Crippen LogP contribution in [0.4, 0.5) is 5.82 Å². The first-order valence-corrected chi connectivity index (χ1v) is 12.2. The molecule has 0 radical (unpaired) electrons. The molecule has 10 heteroatoms. The highest BCUT2D eigenvalue weighted by Crippen LogP contribution is 2.30. The second-order valence-corrected chi connectivity index (χ2v) is 9.66. The van der Waals surface area contributed by atoms with Gasteiger partial charge in [0, 0.05) is 55.2 Å². The predicted octanol–water partition coefficient (Wildman–Crippen LogP) is 3.44. The molecule has 0 bridgehead atoms. The van der Waals surface area contributed by atoms with Gasteiger partial charge in [0.25, 0.3) is 0 Å². The van der Waals surface area contributed by atoms with Gasteiger partial charge in [-0.05, 0) is 43.0 Å². The van der Waals surface area contributed by atoms with E-state index in [2.05, 4.69) is 30.2 Å². The highest BCUT2D eigenvalue weighted by Gasteiger charge is 2.34. The lowest BCUT2D eigenvalue weighted by atomic mass is 9.85. The maximum absolute atomic E-state index is 13.1. The van der Waals surface area contributed by atoms with E-state index in [1.807, 2.05) is 47.3 Å². The molecular formula is C25H29ClN8O. The van der Waals surface area contributed by atoms with Crippen LogP contribution in [0.5, 0.6) is 0 Å². The first-order valence-electron chi connectivity index (χ1n) is 11.8. The lowest BCUT2D eigenvalue weighted by Gasteiger charge is -2.39. The summed E-state index contributed by atoms with van der Waals surface area (Å²) in [5, 5.41) is 4.88. The van der Waals surface area contributed by atoms with Crippen LogP contribution in [-0.4, -0.2) is 49.0 Å². The Balaban J connectivity index is 1.22. The van der Waals surface area contributed by atoms with Crippen LogP contribution >= 0.6 is 11.6 Å². The molecule has 1 amide bonds. The highest BCUT2D eigenvalue weighted by molar-refractivity contribution is 6.30. The third-order valence-corrected chi connectivity index (χ3v) is 7.00. The van der Waals surface area contributed by atoms with Gasteiger partial charge in [0.1, 0.15) is 17.8 Å². The topological polar surface area (TPSA) is 118 Å². The molecule has 0 saturated carbocycles. The Labute approximate surface area is 208 Å². The van der Waals surface area contributed by atoms with Crippen molar-refractivity contribution in [1.29, 1.82) is 0 Å². The summed E-state index contributed by atoms with van der Waals surface area (Å²) in [6, 6.07) is 9.46. The number of nitrogens with zero attached hydrogens (tertiary/aromatic N) is 5.